The summed E-state index contributed by atoms with van der Waals surface area (Å²) in [6.45, 7) is 5.47. The number of alkyl carbamates (subject to hydrolysis) is 1. The molecule has 2 aliphatic rings. The number of rotatable bonds is 6. The third kappa shape index (κ3) is 6.71. The summed E-state index contributed by atoms with van der Waals surface area (Å²) in [5.74, 6) is -0.430. The summed E-state index contributed by atoms with van der Waals surface area (Å²) in [6, 6.07) is 5.97. The van der Waals surface area contributed by atoms with Crippen molar-refractivity contribution in [2.24, 2.45) is 11.8 Å². The van der Waals surface area contributed by atoms with Gasteiger partial charge in [0.2, 0.25) is 0 Å². The van der Waals surface area contributed by atoms with E-state index in [0.717, 1.165) is 24.8 Å². The second-order valence-corrected chi connectivity index (χ2v) is 9.72. The Bertz CT molecular complexity index is 722. The highest BCUT2D eigenvalue weighted by molar-refractivity contribution is 5.77. The molecule has 5 nitrogen and oxygen atoms in total. The van der Waals surface area contributed by atoms with E-state index < -0.39 is 11.7 Å². The van der Waals surface area contributed by atoms with Gasteiger partial charge in [-0.2, -0.15) is 0 Å². The maximum Gasteiger partial charge on any atom is 0.407 e. The standard InChI is InChI=1S/C24H34FNO4/c1-24(2,3)30-23(28)26-21(14-16-7-5-4-6-8-16)20-15-19(29-22(20)27)13-17-9-11-18(25)12-10-17/h9-12,16,19-21H,4-8,13-15H2,1-3H3,(H,26,28)/t19-,20+,21+/m1/s1. The molecule has 3 atom stereocenters. The molecule has 2 fully saturated rings. The number of benzene rings is 1. The Hall–Kier alpha value is -2.11. The molecule has 3 rings (SSSR count). The summed E-state index contributed by atoms with van der Waals surface area (Å²) in [5.41, 5.74) is 0.333. The number of nitrogens with one attached hydrogen (secondary N) is 1. The molecule has 1 N–H and O–H groups in total. The molecule has 1 heterocycles. The number of hydrogen-bond donors (Lipinski definition) is 1. The first kappa shape index (κ1) is 22.6. The summed E-state index contributed by atoms with van der Waals surface area (Å²) in [5, 5.41) is 2.97. The fourth-order valence-electron chi connectivity index (χ4n) is 4.58. The van der Waals surface area contributed by atoms with Gasteiger partial charge in [-0.25, -0.2) is 9.18 Å². The van der Waals surface area contributed by atoms with Gasteiger partial charge in [-0.15, -0.1) is 0 Å². The summed E-state index contributed by atoms with van der Waals surface area (Å²) in [4.78, 5) is 25.2. The summed E-state index contributed by atoms with van der Waals surface area (Å²) < 4.78 is 24.2. The first-order chi connectivity index (χ1) is 14.2. The predicted octanol–water partition coefficient (Wildman–Crippen LogP) is 5.16. The van der Waals surface area contributed by atoms with E-state index in [4.69, 9.17) is 9.47 Å². The molecular formula is C24H34FNO4. The number of cyclic esters (lactones) is 1. The van der Waals surface area contributed by atoms with Gasteiger partial charge in [-0.1, -0.05) is 44.2 Å². The summed E-state index contributed by atoms with van der Waals surface area (Å²) in [7, 11) is 0. The molecule has 1 aliphatic carbocycles. The van der Waals surface area contributed by atoms with Crippen molar-refractivity contribution in [1.29, 1.82) is 0 Å². The maximum absolute atomic E-state index is 13.2. The van der Waals surface area contributed by atoms with Crippen LogP contribution in [-0.4, -0.2) is 29.8 Å². The summed E-state index contributed by atoms with van der Waals surface area (Å²) >= 11 is 0. The third-order valence-electron chi connectivity index (χ3n) is 5.98. The lowest BCUT2D eigenvalue weighted by molar-refractivity contribution is -0.145. The zero-order chi connectivity index (χ0) is 21.7. The van der Waals surface area contributed by atoms with E-state index in [-0.39, 0.29) is 29.9 Å². The Kier molecular flexibility index (Phi) is 7.37. The summed E-state index contributed by atoms with van der Waals surface area (Å²) in [6.07, 6.45) is 7.03. The van der Waals surface area contributed by atoms with Crippen LogP contribution in [0.3, 0.4) is 0 Å². The largest absolute Gasteiger partial charge is 0.462 e. The Morgan fingerprint density at radius 1 is 1.20 bits per heavy atom. The second kappa shape index (κ2) is 9.80. The van der Waals surface area contributed by atoms with Gasteiger partial charge in [-0.05, 0) is 57.2 Å². The number of esters is 1. The van der Waals surface area contributed by atoms with Gasteiger partial charge in [0.05, 0.1) is 5.92 Å². The molecule has 0 bridgehead atoms. The minimum atomic E-state index is -0.596. The van der Waals surface area contributed by atoms with Gasteiger partial charge >= 0.3 is 12.1 Å². The van der Waals surface area contributed by atoms with Crippen molar-refractivity contribution in [3.05, 3.63) is 35.6 Å². The normalized spacial score (nSPS) is 23.7. The van der Waals surface area contributed by atoms with Crippen LogP contribution in [-0.2, 0) is 20.7 Å². The van der Waals surface area contributed by atoms with Crippen molar-refractivity contribution in [3.63, 3.8) is 0 Å². The van der Waals surface area contributed by atoms with Crippen LogP contribution in [0.25, 0.3) is 0 Å². The smallest absolute Gasteiger partial charge is 0.407 e. The van der Waals surface area contributed by atoms with Crippen LogP contribution < -0.4 is 5.32 Å². The van der Waals surface area contributed by atoms with Gasteiger partial charge in [0.1, 0.15) is 17.5 Å². The molecule has 166 valence electrons. The highest BCUT2D eigenvalue weighted by Crippen LogP contribution is 2.34. The molecule has 0 unspecified atom stereocenters. The van der Waals surface area contributed by atoms with Crippen LogP contribution in [0, 0.1) is 17.7 Å². The lowest BCUT2D eigenvalue weighted by atomic mass is 9.81. The molecule has 1 aliphatic heterocycles. The molecule has 0 aromatic heterocycles. The van der Waals surface area contributed by atoms with Crippen LogP contribution in [0.1, 0.15) is 71.3 Å². The van der Waals surface area contributed by atoms with Gasteiger partial charge in [0.25, 0.3) is 0 Å². The van der Waals surface area contributed by atoms with Gasteiger partial charge < -0.3 is 14.8 Å². The molecule has 1 amide bonds. The Balaban J connectivity index is 1.66. The van der Waals surface area contributed by atoms with Crippen molar-refractivity contribution in [2.45, 2.75) is 89.9 Å². The van der Waals surface area contributed by atoms with E-state index in [0.29, 0.717) is 18.8 Å². The van der Waals surface area contributed by atoms with E-state index in [2.05, 4.69) is 5.32 Å². The minimum absolute atomic E-state index is 0.262. The number of amides is 1. The van der Waals surface area contributed by atoms with Gasteiger partial charge in [-0.3, -0.25) is 4.79 Å². The quantitative estimate of drug-likeness (QED) is 0.647. The van der Waals surface area contributed by atoms with Crippen LogP contribution >= 0.6 is 0 Å². The van der Waals surface area contributed by atoms with Crippen LogP contribution in [0.15, 0.2) is 24.3 Å². The molecule has 1 aromatic rings. The van der Waals surface area contributed by atoms with E-state index in [1.54, 1.807) is 12.1 Å². The number of hydrogen-bond acceptors (Lipinski definition) is 4. The SMILES string of the molecule is CC(C)(C)OC(=O)N[C@@H](CC1CCCCC1)[C@@H]1C[C@@H](Cc2ccc(F)cc2)OC1=O. The Morgan fingerprint density at radius 3 is 2.50 bits per heavy atom. The van der Waals surface area contributed by atoms with Crippen molar-refractivity contribution in [3.8, 4) is 0 Å². The zero-order valence-corrected chi connectivity index (χ0v) is 18.3. The maximum atomic E-state index is 13.2. The molecule has 30 heavy (non-hydrogen) atoms. The lowest BCUT2D eigenvalue weighted by Crippen LogP contribution is -2.45. The van der Waals surface area contributed by atoms with E-state index in [1.165, 1.54) is 31.4 Å². The van der Waals surface area contributed by atoms with Crippen LogP contribution in [0.2, 0.25) is 0 Å². The third-order valence-corrected chi connectivity index (χ3v) is 5.98. The lowest BCUT2D eigenvalue weighted by Gasteiger charge is -2.30. The zero-order valence-electron chi connectivity index (χ0n) is 18.3. The predicted molar refractivity (Wildman–Crippen MR) is 112 cm³/mol. The monoisotopic (exact) mass is 419 g/mol. The average Bonchev–Trinajstić information content (AvgIpc) is 3.02. The molecule has 1 saturated carbocycles. The van der Waals surface area contributed by atoms with Gasteiger partial charge in [0, 0.05) is 12.5 Å². The first-order valence-electron chi connectivity index (χ1n) is 11.1. The van der Waals surface area contributed by atoms with E-state index >= 15 is 0 Å². The average molecular weight is 420 g/mol. The number of carbonyl (C=O) groups excluding carboxylic acids is 2. The Labute approximate surface area is 178 Å². The van der Waals surface area contributed by atoms with Crippen molar-refractivity contribution < 1.29 is 23.5 Å². The highest BCUT2D eigenvalue weighted by Gasteiger charge is 2.41. The van der Waals surface area contributed by atoms with Crippen molar-refractivity contribution in [1.82, 2.24) is 5.32 Å². The molecular weight excluding hydrogens is 385 g/mol. The fourth-order valence-corrected chi connectivity index (χ4v) is 4.58. The van der Waals surface area contributed by atoms with E-state index in [9.17, 15) is 14.0 Å². The first-order valence-corrected chi connectivity index (χ1v) is 11.1. The molecule has 6 heteroatoms. The molecule has 1 saturated heterocycles. The van der Waals surface area contributed by atoms with Crippen LogP contribution in [0.5, 0.6) is 0 Å². The topological polar surface area (TPSA) is 64.6 Å². The van der Waals surface area contributed by atoms with Crippen molar-refractivity contribution in [2.75, 3.05) is 0 Å². The highest BCUT2D eigenvalue weighted by atomic mass is 19.1. The molecule has 0 spiro atoms. The number of halogens is 1. The Morgan fingerprint density at radius 2 is 1.87 bits per heavy atom. The number of carbonyl (C=O) groups is 2. The van der Waals surface area contributed by atoms with Gasteiger partial charge in [0.15, 0.2) is 0 Å². The molecule has 0 radical (unpaired) electrons. The fraction of sp³-hybridized carbons (Fsp3) is 0.667. The number of ether oxygens (including phenoxy) is 2. The minimum Gasteiger partial charge on any atom is -0.462 e. The second-order valence-electron chi connectivity index (χ2n) is 9.72. The van der Waals surface area contributed by atoms with E-state index in [1.807, 2.05) is 20.8 Å². The van der Waals surface area contributed by atoms with Crippen LogP contribution in [0.4, 0.5) is 9.18 Å². The molecule has 1 aromatic carbocycles. The van der Waals surface area contributed by atoms with Crippen molar-refractivity contribution >= 4 is 12.1 Å².